The predicted molar refractivity (Wildman–Crippen MR) is 45.5 cm³/mol. The van der Waals surface area contributed by atoms with Gasteiger partial charge in [0.05, 0.1) is 0 Å². The first-order valence-electron chi connectivity index (χ1n) is 4.28. The SMILES string of the molecule is NCCC1CCc2[nH]ccc21. The van der Waals surface area contributed by atoms with Gasteiger partial charge < -0.3 is 10.7 Å². The van der Waals surface area contributed by atoms with Gasteiger partial charge >= 0.3 is 0 Å². The van der Waals surface area contributed by atoms with Crippen LogP contribution in [0.1, 0.15) is 30.0 Å². The molecular formula is C9H14N2. The van der Waals surface area contributed by atoms with Crippen molar-refractivity contribution in [1.29, 1.82) is 0 Å². The van der Waals surface area contributed by atoms with Crippen LogP contribution in [0.4, 0.5) is 0 Å². The van der Waals surface area contributed by atoms with E-state index in [4.69, 9.17) is 5.73 Å². The molecule has 0 aliphatic heterocycles. The van der Waals surface area contributed by atoms with Gasteiger partial charge in [-0.3, -0.25) is 0 Å². The quantitative estimate of drug-likeness (QED) is 0.657. The summed E-state index contributed by atoms with van der Waals surface area (Å²) in [6.45, 7) is 0.815. The van der Waals surface area contributed by atoms with E-state index in [0.29, 0.717) is 0 Å². The molecule has 2 nitrogen and oxygen atoms in total. The van der Waals surface area contributed by atoms with Crippen LogP contribution in [0.25, 0.3) is 0 Å². The normalized spacial score (nSPS) is 22.1. The summed E-state index contributed by atoms with van der Waals surface area (Å²) in [7, 11) is 0. The van der Waals surface area contributed by atoms with Crippen molar-refractivity contribution in [3.05, 3.63) is 23.5 Å². The molecule has 1 unspecified atom stereocenters. The molecule has 0 amide bonds. The summed E-state index contributed by atoms with van der Waals surface area (Å²) >= 11 is 0. The molecule has 1 aliphatic rings. The third-order valence-corrected chi connectivity index (χ3v) is 2.57. The van der Waals surface area contributed by atoms with Crippen LogP contribution in [0, 0.1) is 0 Å². The Morgan fingerprint density at radius 2 is 2.55 bits per heavy atom. The molecule has 1 atom stereocenters. The summed E-state index contributed by atoms with van der Waals surface area (Å²) < 4.78 is 0. The topological polar surface area (TPSA) is 41.8 Å². The van der Waals surface area contributed by atoms with Crippen LogP contribution in [-0.2, 0) is 6.42 Å². The first kappa shape index (κ1) is 6.92. The van der Waals surface area contributed by atoms with E-state index in [1.165, 1.54) is 24.1 Å². The van der Waals surface area contributed by atoms with Crippen molar-refractivity contribution in [2.45, 2.75) is 25.2 Å². The second-order valence-electron chi connectivity index (χ2n) is 3.22. The molecule has 1 aliphatic carbocycles. The van der Waals surface area contributed by atoms with E-state index < -0.39 is 0 Å². The maximum Gasteiger partial charge on any atom is 0.0182 e. The molecule has 2 rings (SSSR count). The van der Waals surface area contributed by atoms with Crippen LogP contribution in [-0.4, -0.2) is 11.5 Å². The van der Waals surface area contributed by atoms with Crippen LogP contribution in [0.3, 0.4) is 0 Å². The van der Waals surface area contributed by atoms with Crippen molar-refractivity contribution < 1.29 is 0 Å². The third-order valence-electron chi connectivity index (χ3n) is 2.57. The standard InChI is InChI=1S/C9H14N2/c10-5-3-7-1-2-9-8(7)4-6-11-9/h4,6-7,11H,1-3,5,10H2. The van der Waals surface area contributed by atoms with Gasteiger partial charge in [-0.1, -0.05) is 0 Å². The molecule has 1 aromatic heterocycles. The van der Waals surface area contributed by atoms with Gasteiger partial charge in [-0.2, -0.15) is 0 Å². The molecule has 0 saturated heterocycles. The molecule has 0 bridgehead atoms. The number of nitrogens with one attached hydrogen (secondary N) is 1. The predicted octanol–water partition coefficient (Wildman–Crippen LogP) is 1.39. The summed E-state index contributed by atoms with van der Waals surface area (Å²) in [4.78, 5) is 3.27. The van der Waals surface area contributed by atoms with E-state index in [-0.39, 0.29) is 0 Å². The van der Waals surface area contributed by atoms with Gasteiger partial charge in [0, 0.05) is 11.9 Å². The lowest BCUT2D eigenvalue weighted by Gasteiger charge is -2.06. The lowest BCUT2D eigenvalue weighted by molar-refractivity contribution is 0.626. The average molecular weight is 150 g/mol. The summed E-state index contributed by atoms with van der Waals surface area (Å²) in [5, 5.41) is 0. The van der Waals surface area contributed by atoms with E-state index >= 15 is 0 Å². The average Bonchev–Trinajstić information content (AvgIpc) is 2.53. The zero-order valence-corrected chi connectivity index (χ0v) is 6.64. The summed E-state index contributed by atoms with van der Waals surface area (Å²) in [6.07, 6.45) is 5.68. The molecule has 3 N–H and O–H groups in total. The second kappa shape index (κ2) is 2.70. The van der Waals surface area contributed by atoms with Gasteiger partial charge in [0.25, 0.3) is 0 Å². The fraction of sp³-hybridized carbons (Fsp3) is 0.556. The van der Waals surface area contributed by atoms with Crippen molar-refractivity contribution in [2.75, 3.05) is 6.54 Å². The highest BCUT2D eigenvalue weighted by atomic mass is 14.7. The van der Waals surface area contributed by atoms with Crippen LogP contribution in [0.15, 0.2) is 12.3 Å². The highest BCUT2D eigenvalue weighted by molar-refractivity contribution is 5.29. The molecule has 1 aromatic rings. The van der Waals surface area contributed by atoms with Gasteiger partial charge in [-0.05, 0) is 43.4 Å². The summed E-state index contributed by atoms with van der Waals surface area (Å²) in [5.41, 5.74) is 8.47. The van der Waals surface area contributed by atoms with Crippen LogP contribution in [0.5, 0.6) is 0 Å². The highest BCUT2D eigenvalue weighted by Crippen LogP contribution is 2.33. The molecular weight excluding hydrogens is 136 g/mol. The van der Waals surface area contributed by atoms with Crippen molar-refractivity contribution in [2.24, 2.45) is 5.73 Å². The van der Waals surface area contributed by atoms with E-state index in [1.807, 2.05) is 6.20 Å². The molecule has 2 heteroatoms. The Kier molecular flexibility index (Phi) is 1.70. The number of rotatable bonds is 2. The Hall–Kier alpha value is -0.760. The van der Waals surface area contributed by atoms with Crippen molar-refractivity contribution in [3.8, 4) is 0 Å². The minimum absolute atomic E-state index is 0.737. The van der Waals surface area contributed by atoms with Crippen LogP contribution < -0.4 is 5.73 Å². The fourth-order valence-electron chi connectivity index (χ4n) is 1.99. The first-order valence-corrected chi connectivity index (χ1v) is 4.28. The number of nitrogens with two attached hydrogens (primary N) is 1. The number of hydrogen-bond donors (Lipinski definition) is 2. The van der Waals surface area contributed by atoms with Crippen LogP contribution in [0.2, 0.25) is 0 Å². The number of H-pyrrole nitrogens is 1. The van der Waals surface area contributed by atoms with Gasteiger partial charge in [-0.25, -0.2) is 0 Å². The fourth-order valence-corrected chi connectivity index (χ4v) is 1.99. The molecule has 0 saturated carbocycles. The first-order chi connectivity index (χ1) is 5.42. The minimum atomic E-state index is 0.737. The molecule has 60 valence electrons. The van der Waals surface area contributed by atoms with E-state index in [2.05, 4.69) is 11.1 Å². The molecule has 1 heterocycles. The zero-order valence-electron chi connectivity index (χ0n) is 6.64. The Labute approximate surface area is 66.8 Å². The number of aromatic nitrogens is 1. The largest absolute Gasteiger partial charge is 0.365 e. The lowest BCUT2D eigenvalue weighted by Crippen LogP contribution is -2.04. The number of aryl methyl sites for hydroxylation is 1. The Morgan fingerprint density at radius 1 is 1.64 bits per heavy atom. The smallest absolute Gasteiger partial charge is 0.0182 e. The monoisotopic (exact) mass is 150 g/mol. The van der Waals surface area contributed by atoms with Crippen molar-refractivity contribution >= 4 is 0 Å². The maximum atomic E-state index is 5.52. The highest BCUT2D eigenvalue weighted by Gasteiger charge is 2.21. The number of aromatic amines is 1. The maximum absolute atomic E-state index is 5.52. The zero-order chi connectivity index (χ0) is 7.68. The van der Waals surface area contributed by atoms with Crippen LogP contribution >= 0.6 is 0 Å². The van der Waals surface area contributed by atoms with Crippen molar-refractivity contribution in [1.82, 2.24) is 4.98 Å². The molecule has 0 radical (unpaired) electrons. The minimum Gasteiger partial charge on any atom is -0.365 e. The van der Waals surface area contributed by atoms with Crippen molar-refractivity contribution in [3.63, 3.8) is 0 Å². The lowest BCUT2D eigenvalue weighted by atomic mass is 10.0. The summed E-state index contributed by atoms with van der Waals surface area (Å²) in [5.74, 6) is 0.737. The summed E-state index contributed by atoms with van der Waals surface area (Å²) in [6, 6.07) is 2.20. The molecule has 11 heavy (non-hydrogen) atoms. The van der Waals surface area contributed by atoms with E-state index in [0.717, 1.165) is 18.9 Å². The van der Waals surface area contributed by atoms with Gasteiger partial charge in [-0.15, -0.1) is 0 Å². The van der Waals surface area contributed by atoms with E-state index in [9.17, 15) is 0 Å². The van der Waals surface area contributed by atoms with E-state index in [1.54, 1.807) is 0 Å². The Balaban J connectivity index is 2.18. The van der Waals surface area contributed by atoms with Gasteiger partial charge in [0.1, 0.15) is 0 Å². The molecule has 0 spiro atoms. The molecule has 0 aromatic carbocycles. The van der Waals surface area contributed by atoms with Gasteiger partial charge in [0.2, 0.25) is 0 Å². The molecule has 0 fully saturated rings. The van der Waals surface area contributed by atoms with Gasteiger partial charge in [0.15, 0.2) is 0 Å². The second-order valence-corrected chi connectivity index (χ2v) is 3.22. The number of fused-ring (bicyclic) bond motifs is 1. The Bertz CT molecular complexity index is 239. The third kappa shape index (κ3) is 1.07. The number of hydrogen-bond acceptors (Lipinski definition) is 1. The Morgan fingerprint density at radius 3 is 3.36 bits per heavy atom.